The highest BCUT2D eigenvalue weighted by molar-refractivity contribution is 6.35. The summed E-state index contributed by atoms with van der Waals surface area (Å²) in [6.07, 6.45) is 4.85. The van der Waals surface area contributed by atoms with Crippen molar-refractivity contribution in [3.8, 4) is 0 Å². The van der Waals surface area contributed by atoms with Gasteiger partial charge in [0.15, 0.2) is 0 Å². The Balaban J connectivity index is 1.69. The standard InChI is InChI=1S/C18H21N3O2/c1-13-7-8-14(15-6-5-9-19-16(13)15)12-20-17(22)18(23)21-10-3-2-4-11-21/h5-9H,2-4,10-12H2,1H3,(H,20,22). The molecule has 0 unspecified atom stereocenters. The zero-order valence-electron chi connectivity index (χ0n) is 13.3. The number of benzene rings is 1. The Morgan fingerprint density at radius 2 is 1.96 bits per heavy atom. The van der Waals surface area contributed by atoms with E-state index in [4.69, 9.17) is 0 Å². The van der Waals surface area contributed by atoms with Crippen LogP contribution < -0.4 is 5.32 Å². The lowest BCUT2D eigenvalue weighted by molar-refractivity contribution is -0.146. The molecule has 1 fully saturated rings. The summed E-state index contributed by atoms with van der Waals surface area (Å²) in [7, 11) is 0. The molecule has 1 aromatic heterocycles. The first-order valence-corrected chi connectivity index (χ1v) is 8.07. The van der Waals surface area contributed by atoms with Gasteiger partial charge in [-0.1, -0.05) is 18.2 Å². The molecule has 0 saturated carbocycles. The van der Waals surface area contributed by atoms with Gasteiger partial charge < -0.3 is 10.2 Å². The molecule has 1 aromatic carbocycles. The summed E-state index contributed by atoms with van der Waals surface area (Å²) < 4.78 is 0. The van der Waals surface area contributed by atoms with Crippen molar-refractivity contribution >= 4 is 22.7 Å². The first-order valence-electron chi connectivity index (χ1n) is 8.07. The van der Waals surface area contributed by atoms with E-state index < -0.39 is 11.8 Å². The first-order chi connectivity index (χ1) is 11.2. The fraction of sp³-hybridized carbons (Fsp3) is 0.389. The van der Waals surface area contributed by atoms with Crippen molar-refractivity contribution < 1.29 is 9.59 Å². The highest BCUT2D eigenvalue weighted by atomic mass is 16.2. The monoisotopic (exact) mass is 311 g/mol. The maximum atomic E-state index is 12.1. The predicted molar refractivity (Wildman–Crippen MR) is 88.8 cm³/mol. The molecule has 2 aromatic rings. The maximum Gasteiger partial charge on any atom is 0.311 e. The number of aryl methyl sites for hydroxylation is 1. The van der Waals surface area contributed by atoms with Gasteiger partial charge in [0.2, 0.25) is 0 Å². The zero-order valence-corrected chi connectivity index (χ0v) is 13.3. The molecular formula is C18H21N3O2. The van der Waals surface area contributed by atoms with Crippen LogP contribution in [0.25, 0.3) is 10.9 Å². The Morgan fingerprint density at radius 3 is 2.74 bits per heavy atom. The number of carbonyl (C=O) groups excluding carboxylic acids is 2. The van der Waals surface area contributed by atoms with E-state index in [1.54, 1.807) is 11.1 Å². The Hall–Kier alpha value is -2.43. The van der Waals surface area contributed by atoms with E-state index in [0.717, 1.165) is 41.3 Å². The average Bonchev–Trinajstić information content (AvgIpc) is 2.61. The van der Waals surface area contributed by atoms with Crippen LogP contribution in [0.5, 0.6) is 0 Å². The molecule has 1 N–H and O–H groups in total. The van der Waals surface area contributed by atoms with Gasteiger partial charge in [0.05, 0.1) is 5.52 Å². The molecule has 2 amide bonds. The van der Waals surface area contributed by atoms with Gasteiger partial charge in [-0.3, -0.25) is 14.6 Å². The van der Waals surface area contributed by atoms with Crippen LogP contribution in [0.15, 0.2) is 30.5 Å². The normalized spacial score (nSPS) is 14.7. The molecule has 0 atom stereocenters. The fourth-order valence-electron chi connectivity index (χ4n) is 3.02. The van der Waals surface area contributed by atoms with Crippen molar-refractivity contribution in [3.63, 3.8) is 0 Å². The largest absolute Gasteiger partial charge is 0.344 e. The molecule has 0 bridgehead atoms. The summed E-state index contributed by atoms with van der Waals surface area (Å²) in [6, 6.07) is 7.84. The highest BCUT2D eigenvalue weighted by Gasteiger charge is 2.23. The molecule has 0 aliphatic carbocycles. The highest BCUT2D eigenvalue weighted by Crippen LogP contribution is 2.20. The van der Waals surface area contributed by atoms with E-state index >= 15 is 0 Å². The summed E-state index contributed by atoms with van der Waals surface area (Å²) in [5.41, 5.74) is 3.00. The van der Waals surface area contributed by atoms with Crippen LogP contribution in [-0.2, 0) is 16.1 Å². The van der Waals surface area contributed by atoms with Crippen LogP contribution in [0.1, 0.15) is 30.4 Å². The quantitative estimate of drug-likeness (QED) is 0.865. The van der Waals surface area contributed by atoms with E-state index in [2.05, 4.69) is 10.3 Å². The molecule has 5 heteroatoms. The van der Waals surface area contributed by atoms with Gasteiger partial charge in [-0.25, -0.2) is 0 Å². The number of piperidine rings is 1. The molecule has 23 heavy (non-hydrogen) atoms. The lowest BCUT2D eigenvalue weighted by Gasteiger charge is -2.25. The molecule has 3 rings (SSSR count). The number of fused-ring (bicyclic) bond motifs is 1. The van der Waals surface area contributed by atoms with Gasteiger partial charge in [-0.2, -0.15) is 0 Å². The SMILES string of the molecule is Cc1ccc(CNC(=O)C(=O)N2CCCCC2)c2cccnc12. The summed E-state index contributed by atoms with van der Waals surface area (Å²) in [5.74, 6) is -0.941. The first kappa shape index (κ1) is 15.5. The third-order valence-corrected chi connectivity index (χ3v) is 4.34. The smallest absolute Gasteiger partial charge is 0.311 e. The van der Waals surface area contributed by atoms with Crippen molar-refractivity contribution in [3.05, 3.63) is 41.6 Å². The molecule has 0 radical (unpaired) electrons. The minimum absolute atomic E-state index is 0.334. The van der Waals surface area contributed by atoms with Crippen molar-refractivity contribution in [1.29, 1.82) is 0 Å². The average molecular weight is 311 g/mol. The van der Waals surface area contributed by atoms with Gasteiger partial charge in [-0.05, 0) is 43.4 Å². The number of pyridine rings is 1. The van der Waals surface area contributed by atoms with Gasteiger partial charge in [0, 0.05) is 31.2 Å². The van der Waals surface area contributed by atoms with Crippen LogP contribution in [-0.4, -0.2) is 34.8 Å². The van der Waals surface area contributed by atoms with Crippen molar-refractivity contribution in [2.24, 2.45) is 0 Å². The predicted octanol–water partition coefficient (Wildman–Crippen LogP) is 2.17. The van der Waals surface area contributed by atoms with E-state index in [1.807, 2.05) is 31.2 Å². The number of nitrogens with one attached hydrogen (secondary N) is 1. The second-order valence-electron chi connectivity index (χ2n) is 5.98. The number of hydrogen-bond acceptors (Lipinski definition) is 3. The van der Waals surface area contributed by atoms with E-state index in [1.165, 1.54) is 0 Å². The lowest BCUT2D eigenvalue weighted by atomic mass is 10.0. The van der Waals surface area contributed by atoms with E-state index in [0.29, 0.717) is 19.6 Å². The molecule has 1 aliphatic heterocycles. The second-order valence-corrected chi connectivity index (χ2v) is 5.98. The Kier molecular flexibility index (Phi) is 4.55. The Bertz CT molecular complexity index is 736. The Morgan fingerprint density at radius 1 is 1.17 bits per heavy atom. The molecular weight excluding hydrogens is 290 g/mol. The van der Waals surface area contributed by atoms with E-state index in [-0.39, 0.29) is 0 Å². The third-order valence-electron chi connectivity index (χ3n) is 4.34. The van der Waals surface area contributed by atoms with Crippen LogP contribution >= 0.6 is 0 Å². The summed E-state index contributed by atoms with van der Waals surface area (Å²) in [4.78, 5) is 30.3. The molecule has 120 valence electrons. The number of likely N-dealkylation sites (tertiary alicyclic amines) is 1. The molecule has 1 aliphatic rings. The van der Waals surface area contributed by atoms with Gasteiger partial charge in [-0.15, -0.1) is 0 Å². The molecule has 1 saturated heterocycles. The second kappa shape index (κ2) is 6.77. The number of amides is 2. The van der Waals surface area contributed by atoms with Crippen molar-refractivity contribution in [1.82, 2.24) is 15.2 Å². The van der Waals surface area contributed by atoms with E-state index in [9.17, 15) is 9.59 Å². The van der Waals surface area contributed by atoms with Crippen molar-refractivity contribution in [2.75, 3.05) is 13.1 Å². The summed E-state index contributed by atoms with van der Waals surface area (Å²) in [5, 5.41) is 3.76. The van der Waals surface area contributed by atoms with Gasteiger partial charge >= 0.3 is 11.8 Å². The van der Waals surface area contributed by atoms with Crippen LogP contribution in [0.4, 0.5) is 0 Å². The third kappa shape index (κ3) is 3.33. The van der Waals surface area contributed by atoms with Crippen LogP contribution in [0, 0.1) is 6.92 Å². The Labute approximate surface area is 135 Å². The summed E-state index contributed by atoms with van der Waals surface area (Å²) in [6.45, 7) is 3.71. The number of hydrogen-bond donors (Lipinski definition) is 1. The van der Waals surface area contributed by atoms with Crippen molar-refractivity contribution in [2.45, 2.75) is 32.7 Å². The fourth-order valence-corrected chi connectivity index (χ4v) is 3.02. The topological polar surface area (TPSA) is 62.3 Å². The van der Waals surface area contributed by atoms with Crippen LogP contribution in [0.3, 0.4) is 0 Å². The summed E-state index contributed by atoms with van der Waals surface area (Å²) >= 11 is 0. The number of rotatable bonds is 2. The minimum Gasteiger partial charge on any atom is -0.344 e. The number of nitrogens with zero attached hydrogens (tertiary/aromatic N) is 2. The number of aromatic nitrogens is 1. The molecule has 2 heterocycles. The minimum atomic E-state index is -0.524. The molecule has 5 nitrogen and oxygen atoms in total. The van der Waals surface area contributed by atoms with Crippen LogP contribution in [0.2, 0.25) is 0 Å². The van der Waals surface area contributed by atoms with Gasteiger partial charge in [0.25, 0.3) is 0 Å². The number of carbonyl (C=O) groups is 2. The maximum absolute atomic E-state index is 12.1. The molecule has 0 spiro atoms. The lowest BCUT2D eigenvalue weighted by Crippen LogP contribution is -2.44. The van der Waals surface area contributed by atoms with Gasteiger partial charge in [0.1, 0.15) is 0 Å². The zero-order chi connectivity index (χ0) is 16.2.